The van der Waals surface area contributed by atoms with Crippen LogP contribution in [0.1, 0.15) is 44.9 Å². The molecule has 1 aliphatic rings. The fourth-order valence-corrected chi connectivity index (χ4v) is 4.54. The van der Waals surface area contributed by atoms with Crippen molar-refractivity contribution in [1.29, 1.82) is 0 Å². The molecule has 0 radical (unpaired) electrons. The van der Waals surface area contributed by atoms with Crippen molar-refractivity contribution < 1.29 is 18.4 Å². The second kappa shape index (κ2) is 10.7. The molecule has 0 saturated carbocycles. The van der Waals surface area contributed by atoms with Gasteiger partial charge in [-0.2, -0.15) is 0 Å². The van der Waals surface area contributed by atoms with Crippen LogP contribution in [0.2, 0.25) is 0 Å². The van der Waals surface area contributed by atoms with Gasteiger partial charge in [-0.1, -0.05) is 23.8 Å². The summed E-state index contributed by atoms with van der Waals surface area (Å²) in [6, 6.07) is 6.39. The normalized spacial score (nSPS) is 14.1. The van der Waals surface area contributed by atoms with Crippen molar-refractivity contribution in [2.45, 2.75) is 19.3 Å². The highest BCUT2D eigenvalue weighted by molar-refractivity contribution is 7.18. The number of thiazole rings is 1. The number of aromatic nitrogens is 2. The zero-order chi connectivity index (χ0) is 24.1. The first-order chi connectivity index (χ1) is 16.4. The summed E-state index contributed by atoms with van der Waals surface area (Å²) in [5.41, 5.74) is 5.54. The van der Waals surface area contributed by atoms with Crippen LogP contribution in [-0.2, 0) is 0 Å². The monoisotopic (exact) mass is 486 g/mol. The van der Waals surface area contributed by atoms with E-state index in [1.807, 2.05) is 0 Å². The van der Waals surface area contributed by atoms with Crippen LogP contribution in [0.15, 0.2) is 36.5 Å². The van der Waals surface area contributed by atoms with Crippen LogP contribution in [0.4, 0.5) is 25.5 Å². The van der Waals surface area contributed by atoms with Crippen molar-refractivity contribution in [3.05, 3.63) is 64.2 Å². The Morgan fingerprint density at radius 1 is 1.09 bits per heavy atom. The fraction of sp³-hybridized carbons (Fsp3) is 0.304. The molecule has 178 valence electrons. The molecule has 1 aromatic carbocycles. The number of rotatable bonds is 8. The van der Waals surface area contributed by atoms with E-state index in [0.29, 0.717) is 17.9 Å². The number of likely N-dealkylation sites (tertiary alicyclic amines) is 1. The lowest BCUT2D eigenvalue weighted by Gasteiger charge is -2.26. The van der Waals surface area contributed by atoms with Gasteiger partial charge in [0.15, 0.2) is 5.13 Å². The Hall–Kier alpha value is -3.44. The average Bonchev–Trinajstić information content (AvgIpc) is 3.19. The SMILES string of the molecule is Nc1nc(Nc2ccc(C(=O)NCCN3CCCCC3)cn2)sc1C(=O)c1c(F)cccc1F. The lowest BCUT2D eigenvalue weighted by molar-refractivity contribution is 0.0945. The van der Waals surface area contributed by atoms with Gasteiger partial charge in [0.2, 0.25) is 5.78 Å². The second-order valence-corrected chi connectivity index (χ2v) is 8.87. The van der Waals surface area contributed by atoms with E-state index in [1.54, 1.807) is 12.1 Å². The van der Waals surface area contributed by atoms with Gasteiger partial charge in [-0.15, -0.1) is 0 Å². The van der Waals surface area contributed by atoms with Gasteiger partial charge in [-0.05, 0) is 50.2 Å². The van der Waals surface area contributed by atoms with Gasteiger partial charge in [0.25, 0.3) is 5.91 Å². The van der Waals surface area contributed by atoms with E-state index in [0.717, 1.165) is 43.1 Å². The van der Waals surface area contributed by atoms with E-state index in [9.17, 15) is 18.4 Å². The number of ketones is 1. The maximum Gasteiger partial charge on any atom is 0.252 e. The van der Waals surface area contributed by atoms with Crippen molar-refractivity contribution in [1.82, 2.24) is 20.2 Å². The van der Waals surface area contributed by atoms with Crippen LogP contribution < -0.4 is 16.4 Å². The van der Waals surface area contributed by atoms with E-state index < -0.39 is 23.0 Å². The van der Waals surface area contributed by atoms with Crippen molar-refractivity contribution in [3.63, 3.8) is 0 Å². The first-order valence-electron chi connectivity index (χ1n) is 10.9. The number of nitrogens with two attached hydrogens (primary N) is 1. The number of carbonyl (C=O) groups excluding carboxylic acids is 2. The summed E-state index contributed by atoms with van der Waals surface area (Å²) < 4.78 is 27.9. The van der Waals surface area contributed by atoms with Gasteiger partial charge >= 0.3 is 0 Å². The Balaban J connectivity index is 1.36. The molecular formula is C23H24F2N6O2S. The second-order valence-electron chi connectivity index (χ2n) is 7.87. The number of amides is 1. The number of nitrogens with one attached hydrogen (secondary N) is 2. The molecule has 3 aromatic rings. The summed E-state index contributed by atoms with van der Waals surface area (Å²) in [7, 11) is 0. The Labute approximate surface area is 199 Å². The molecule has 8 nitrogen and oxygen atoms in total. The first kappa shape index (κ1) is 23.7. The first-order valence-corrected chi connectivity index (χ1v) is 11.7. The molecule has 4 N–H and O–H groups in total. The van der Waals surface area contributed by atoms with Crippen LogP contribution in [0.3, 0.4) is 0 Å². The molecule has 11 heteroatoms. The molecule has 0 atom stereocenters. The summed E-state index contributed by atoms with van der Waals surface area (Å²) in [4.78, 5) is 35.5. The molecule has 0 bridgehead atoms. The highest BCUT2D eigenvalue weighted by Gasteiger charge is 2.24. The minimum absolute atomic E-state index is 0.0868. The van der Waals surface area contributed by atoms with Crippen LogP contribution in [-0.4, -0.2) is 52.7 Å². The summed E-state index contributed by atoms with van der Waals surface area (Å²) in [6.07, 6.45) is 5.10. The van der Waals surface area contributed by atoms with Crippen molar-refractivity contribution in [3.8, 4) is 0 Å². The minimum Gasteiger partial charge on any atom is -0.382 e. The number of nitrogens with zero attached hydrogens (tertiary/aromatic N) is 3. The third kappa shape index (κ3) is 5.54. The van der Waals surface area contributed by atoms with Gasteiger partial charge in [0.1, 0.15) is 28.1 Å². The highest BCUT2D eigenvalue weighted by atomic mass is 32.1. The number of carbonyl (C=O) groups is 2. The molecule has 0 aliphatic carbocycles. The van der Waals surface area contributed by atoms with Gasteiger partial charge in [0.05, 0.1) is 11.1 Å². The molecule has 3 heterocycles. The largest absolute Gasteiger partial charge is 0.382 e. The van der Waals surface area contributed by atoms with Crippen LogP contribution in [0, 0.1) is 11.6 Å². The maximum atomic E-state index is 14.0. The minimum atomic E-state index is -0.973. The molecule has 4 rings (SSSR count). The van der Waals surface area contributed by atoms with Crippen molar-refractivity contribution >= 4 is 39.8 Å². The third-order valence-electron chi connectivity index (χ3n) is 5.47. The summed E-state index contributed by atoms with van der Waals surface area (Å²) >= 11 is 0.856. The summed E-state index contributed by atoms with van der Waals surface area (Å²) in [6.45, 7) is 3.53. The Bertz CT molecular complexity index is 1160. The predicted molar refractivity (Wildman–Crippen MR) is 126 cm³/mol. The lowest BCUT2D eigenvalue weighted by Crippen LogP contribution is -2.37. The molecular weight excluding hydrogens is 462 g/mol. The molecule has 1 aliphatic heterocycles. The van der Waals surface area contributed by atoms with Gasteiger partial charge in [-0.25, -0.2) is 18.7 Å². The quantitative estimate of drug-likeness (QED) is 0.417. The van der Waals surface area contributed by atoms with Crippen LogP contribution >= 0.6 is 11.3 Å². The average molecular weight is 487 g/mol. The number of nitrogen functional groups attached to an aromatic ring is 1. The number of benzene rings is 1. The number of hydrogen-bond acceptors (Lipinski definition) is 8. The molecule has 1 fully saturated rings. The topological polar surface area (TPSA) is 113 Å². The molecule has 0 unspecified atom stereocenters. The number of pyridine rings is 1. The predicted octanol–water partition coefficient (Wildman–Crippen LogP) is 3.59. The smallest absolute Gasteiger partial charge is 0.252 e. The zero-order valence-electron chi connectivity index (χ0n) is 18.3. The van der Waals surface area contributed by atoms with Gasteiger partial charge < -0.3 is 21.3 Å². The van der Waals surface area contributed by atoms with Gasteiger partial charge in [-0.3, -0.25) is 9.59 Å². The van der Waals surface area contributed by atoms with Crippen LogP contribution in [0.25, 0.3) is 0 Å². The molecule has 1 amide bonds. The van der Waals surface area contributed by atoms with Crippen molar-refractivity contribution in [2.24, 2.45) is 0 Å². The Morgan fingerprint density at radius 2 is 1.82 bits per heavy atom. The van der Waals surface area contributed by atoms with Crippen molar-refractivity contribution in [2.75, 3.05) is 37.2 Å². The van der Waals surface area contributed by atoms with E-state index in [4.69, 9.17) is 5.73 Å². The Kier molecular flexibility index (Phi) is 7.43. The maximum absolute atomic E-state index is 14.0. The van der Waals surface area contributed by atoms with Crippen LogP contribution in [0.5, 0.6) is 0 Å². The zero-order valence-corrected chi connectivity index (χ0v) is 19.1. The highest BCUT2D eigenvalue weighted by Crippen LogP contribution is 2.30. The van der Waals surface area contributed by atoms with E-state index in [1.165, 1.54) is 31.5 Å². The molecule has 34 heavy (non-hydrogen) atoms. The standard InChI is InChI=1S/C23H24F2N6O2S/c24-15-5-4-6-16(25)18(15)19(32)20-21(26)30-23(34-20)29-17-8-7-14(13-28-17)22(33)27-9-12-31-10-2-1-3-11-31/h4-8,13H,1-3,9-12,26H2,(H,27,33)(H,28,29,30). The van der Waals surface area contributed by atoms with E-state index in [-0.39, 0.29) is 21.7 Å². The van der Waals surface area contributed by atoms with E-state index >= 15 is 0 Å². The number of piperidine rings is 1. The fourth-order valence-electron chi connectivity index (χ4n) is 3.70. The molecule has 2 aromatic heterocycles. The summed E-state index contributed by atoms with van der Waals surface area (Å²) in [5, 5.41) is 6.01. The van der Waals surface area contributed by atoms with Gasteiger partial charge in [0, 0.05) is 19.3 Å². The molecule has 1 saturated heterocycles. The number of hydrogen-bond donors (Lipinski definition) is 3. The van der Waals surface area contributed by atoms with E-state index in [2.05, 4.69) is 25.5 Å². The third-order valence-corrected chi connectivity index (χ3v) is 6.46. The number of halogens is 2. The number of anilines is 3. The molecule has 0 spiro atoms. The summed E-state index contributed by atoms with van der Waals surface area (Å²) in [5.74, 6) is -2.82. The lowest BCUT2D eigenvalue weighted by atomic mass is 10.1. The Morgan fingerprint density at radius 3 is 2.50 bits per heavy atom.